The lowest BCUT2D eigenvalue weighted by Gasteiger charge is -2.20. The van der Waals surface area contributed by atoms with Crippen LogP contribution in [0.2, 0.25) is 0 Å². The Morgan fingerprint density at radius 2 is 1.93 bits per heavy atom. The molecule has 15 heavy (non-hydrogen) atoms. The average molecular weight is 216 g/mol. The minimum Gasteiger partial charge on any atom is -0.465 e. The first kappa shape index (κ1) is 13.7. The molecule has 0 aromatic carbocycles. The summed E-state index contributed by atoms with van der Waals surface area (Å²) in [6.07, 6.45) is 0.816. The van der Waals surface area contributed by atoms with E-state index in [-0.39, 0.29) is 18.5 Å². The molecular formula is C10H20N2O3. The number of carbonyl (C=O) groups excluding carboxylic acids is 2. The predicted molar refractivity (Wildman–Crippen MR) is 57.6 cm³/mol. The Bertz CT molecular complexity index is 207. The Kier molecular flexibility index (Phi) is 7.40. The van der Waals surface area contributed by atoms with Crippen molar-refractivity contribution in [2.45, 2.75) is 27.2 Å². The van der Waals surface area contributed by atoms with Crippen molar-refractivity contribution in [3.63, 3.8) is 0 Å². The number of nitrogens with zero attached hydrogens (tertiary/aromatic N) is 1. The number of esters is 1. The van der Waals surface area contributed by atoms with Gasteiger partial charge in [0, 0.05) is 13.1 Å². The minimum absolute atomic E-state index is 0.0213. The molecule has 0 saturated carbocycles. The highest BCUT2D eigenvalue weighted by Crippen LogP contribution is 1.94. The summed E-state index contributed by atoms with van der Waals surface area (Å²) in [5, 5.41) is 2.66. The maximum atomic E-state index is 11.5. The molecular weight excluding hydrogens is 196 g/mol. The maximum absolute atomic E-state index is 11.5. The van der Waals surface area contributed by atoms with Crippen LogP contribution in [0.15, 0.2) is 0 Å². The summed E-state index contributed by atoms with van der Waals surface area (Å²) in [7, 11) is 0. The van der Waals surface area contributed by atoms with Crippen molar-refractivity contribution < 1.29 is 14.3 Å². The smallest absolute Gasteiger partial charge is 0.325 e. The Morgan fingerprint density at radius 3 is 2.40 bits per heavy atom. The Balaban J connectivity index is 4.13. The van der Waals surface area contributed by atoms with Gasteiger partial charge in [-0.2, -0.15) is 0 Å². The number of nitrogens with one attached hydrogen (secondary N) is 1. The van der Waals surface area contributed by atoms with E-state index in [1.54, 1.807) is 6.92 Å². The maximum Gasteiger partial charge on any atom is 0.325 e. The summed E-state index contributed by atoms with van der Waals surface area (Å²) in [4.78, 5) is 24.1. The summed E-state index contributed by atoms with van der Waals surface area (Å²) < 4.78 is 4.79. The van der Waals surface area contributed by atoms with Gasteiger partial charge in [0.15, 0.2) is 0 Å². The van der Waals surface area contributed by atoms with Gasteiger partial charge >= 0.3 is 12.0 Å². The fraction of sp³-hybridized carbons (Fsp3) is 0.800. The average Bonchev–Trinajstić information content (AvgIpc) is 2.18. The monoisotopic (exact) mass is 216 g/mol. The van der Waals surface area contributed by atoms with Gasteiger partial charge < -0.3 is 15.0 Å². The molecule has 0 rings (SSSR count). The molecule has 0 aromatic rings. The van der Waals surface area contributed by atoms with Gasteiger partial charge in [0.05, 0.1) is 6.61 Å². The zero-order valence-corrected chi connectivity index (χ0v) is 9.71. The van der Waals surface area contributed by atoms with E-state index >= 15 is 0 Å². The van der Waals surface area contributed by atoms with E-state index in [9.17, 15) is 9.59 Å². The number of amides is 2. The van der Waals surface area contributed by atoms with E-state index in [1.165, 1.54) is 4.90 Å². The van der Waals surface area contributed by atoms with Crippen LogP contribution in [-0.4, -0.2) is 43.1 Å². The van der Waals surface area contributed by atoms with E-state index in [4.69, 9.17) is 4.74 Å². The van der Waals surface area contributed by atoms with Crippen LogP contribution in [0.4, 0.5) is 4.79 Å². The fourth-order valence-electron chi connectivity index (χ4n) is 1.15. The topological polar surface area (TPSA) is 58.6 Å². The van der Waals surface area contributed by atoms with Crippen LogP contribution in [0, 0.1) is 0 Å². The molecule has 0 radical (unpaired) electrons. The Morgan fingerprint density at radius 1 is 1.27 bits per heavy atom. The summed E-state index contributed by atoms with van der Waals surface area (Å²) in [5.74, 6) is -0.364. The quantitative estimate of drug-likeness (QED) is 0.674. The number of ether oxygens (including phenoxy) is 1. The second kappa shape index (κ2) is 8.08. The minimum atomic E-state index is -0.364. The molecule has 5 heteroatoms. The molecule has 5 nitrogen and oxygen atoms in total. The fourth-order valence-corrected chi connectivity index (χ4v) is 1.15. The van der Waals surface area contributed by atoms with Crippen LogP contribution < -0.4 is 5.32 Å². The Hall–Kier alpha value is -1.26. The molecule has 0 heterocycles. The van der Waals surface area contributed by atoms with E-state index in [2.05, 4.69) is 5.32 Å². The molecule has 0 aliphatic rings. The van der Waals surface area contributed by atoms with E-state index in [0.29, 0.717) is 19.7 Å². The number of carbonyl (C=O) groups is 2. The van der Waals surface area contributed by atoms with Crippen LogP contribution in [0.5, 0.6) is 0 Å². The van der Waals surface area contributed by atoms with Gasteiger partial charge in [-0.25, -0.2) is 4.79 Å². The van der Waals surface area contributed by atoms with E-state index in [0.717, 1.165) is 6.42 Å². The van der Waals surface area contributed by atoms with Crippen LogP contribution in [0.1, 0.15) is 27.2 Å². The second-order valence-electron chi connectivity index (χ2n) is 3.06. The molecule has 0 bridgehead atoms. The molecule has 0 aliphatic heterocycles. The first-order chi connectivity index (χ1) is 7.15. The van der Waals surface area contributed by atoms with Crippen molar-refractivity contribution in [3.8, 4) is 0 Å². The zero-order chi connectivity index (χ0) is 11.7. The SMILES string of the molecule is CCCN(CC(=O)OCC)C(=O)NCC. The van der Waals surface area contributed by atoms with Crippen molar-refractivity contribution in [1.82, 2.24) is 10.2 Å². The number of rotatable bonds is 6. The number of hydrogen-bond donors (Lipinski definition) is 1. The molecule has 0 saturated heterocycles. The molecule has 0 fully saturated rings. The molecule has 0 spiro atoms. The molecule has 2 amide bonds. The molecule has 0 unspecified atom stereocenters. The van der Waals surface area contributed by atoms with Gasteiger partial charge in [-0.15, -0.1) is 0 Å². The molecule has 1 N–H and O–H groups in total. The highest BCUT2D eigenvalue weighted by molar-refractivity contribution is 5.80. The largest absolute Gasteiger partial charge is 0.465 e. The first-order valence-electron chi connectivity index (χ1n) is 5.34. The molecule has 88 valence electrons. The van der Waals surface area contributed by atoms with Gasteiger partial charge in [0.25, 0.3) is 0 Å². The summed E-state index contributed by atoms with van der Waals surface area (Å²) >= 11 is 0. The summed E-state index contributed by atoms with van der Waals surface area (Å²) in [5.41, 5.74) is 0. The number of urea groups is 1. The van der Waals surface area contributed by atoms with Crippen LogP contribution in [0.3, 0.4) is 0 Å². The highest BCUT2D eigenvalue weighted by Gasteiger charge is 2.15. The van der Waals surface area contributed by atoms with Gasteiger partial charge in [-0.3, -0.25) is 4.79 Å². The third-order valence-electron chi connectivity index (χ3n) is 1.73. The third kappa shape index (κ3) is 5.93. The lowest BCUT2D eigenvalue weighted by atomic mass is 10.4. The van der Waals surface area contributed by atoms with Gasteiger partial charge in [0.2, 0.25) is 0 Å². The van der Waals surface area contributed by atoms with Crippen molar-refractivity contribution >= 4 is 12.0 Å². The van der Waals surface area contributed by atoms with Crippen molar-refractivity contribution in [3.05, 3.63) is 0 Å². The van der Waals surface area contributed by atoms with E-state index < -0.39 is 0 Å². The summed E-state index contributed by atoms with van der Waals surface area (Å²) in [6, 6.07) is -0.215. The lowest BCUT2D eigenvalue weighted by Crippen LogP contribution is -2.43. The van der Waals surface area contributed by atoms with Crippen LogP contribution >= 0.6 is 0 Å². The zero-order valence-electron chi connectivity index (χ0n) is 9.71. The van der Waals surface area contributed by atoms with Crippen molar-refractivity contribution in [2.24, 2.45) is 0 Å². The van der Waals surface area contributed by atoms with Crippen LogP contribution in [0.25, 0.3) is 0 Å². The van der Waals surface area contributed by atoms with Crippen LogP contribution in [-0.2, 0) is 9.53 Å². The molecule has 0 aromatic heterocycles. The summed E-state index contributed by atoms with van der Waals surface area (Å²) in [6.45, 7) is 7.02. The Labute approximate surface area is 90.8 Å². The molecule has 0 aliphatic carbocycles. The predicted octanol–water partition coefficient (Wildman–Crippen LogP) is 0.991. The van der Waals surface area contributed by atoms with Gasteiger partial charge in [-0.1, -0.05) is 6.92 Å². The van der Waals surface area contributed by atoms with E-state index in [1.807, 2.05) is 13.8 Å². The standard InChI is InChI=1S/C10H20N2O3/c1-4-7-12(10(14)11-5-2)8-9(13)15-6-3/h4-8H2,1-3H3,(H,11,14). The highest BCUT2D eigenvalue weighted by atomic mass is 16.5. The second-order valence-corrected chi connectivity index (χ2v) is 3.06. The van der Waals surface area contributed by atoms with Crippen molar-refractivity contribution in [2.75, 3.05) is 26.2 Å². The first-order valence-corrected chi connectivity index (χ1v) is 5.34. The lowest BCUT2D eigenvalue weighted by molar-refractivity contribution is -0.143. The molecule has 0 atom stereocenters. The normalized spacial score (nSPS) is 9.53. The number of hydrogen-bond acceptors (Lipinski definition) is 3. The van der Waals surface area contributed by atoms with Gasteiger partial charge in [-0.05, 0) is 20.3 Å². The van der Waals surface area contributed by atoms with Gasteiger partial charge in [0.1, 0.15) is 6.54 Å². The van der Waals surface area contributed by atoms with Crippen molar-refractivity contribution in [1.29, 1.82) is 0 Å². The third-order valence-corrected chi connectivity index (χ3v) is 1.73.